The lowest BCUT2D eigenvalue weighted by Crippen LogP contribution is -2.60. The lowest BCUT2D eigenvalue weighted by Gasteiger charge is -2.40. The largest absolute Gasteiger partial charge is 0.462 e. The molecule has 0 aliphatic carbocycles. The minimum absolute atomic E-state index is 0.121. The van der Waals surface area contributed by atoms with E-state index in [1.807, 2.05) is 0 Å². The number of ether oxygens (including phenoxy) is 4. The summed E-state index contributed by atoms with van der Waals surface area (Å²) in [6.07, 6.45) is 39.3. The van der Waals surface area contributed by atoms with E-state index in [0.717, 1.165) is 83.5 Å². The molecule has 0 radical (unpaired) electrons. The van der Waals surface area contributed by atoms with Crippen LogP contribution in [-0.2, 0) is 38.7 Å². The fourth-order valence-electron chi connectivity index (χ4n) is 6.58. The van der Waals surface area contributed by atoms with E-state index >= 15 is 0 Å². The van der Waals surface area contributed by atoms with Crippen molar-refractivity contribution in [3.63, 3.8) is 0 Å². The third-order valence-electron chi connectivity index (χ3n) is 10.2. The second-order valence-electron chi connectivity index (χ2n) is 16.1. The lowest BCUT2D eigenvalue weighted by molar-refractivity contribution is -0.297. The van der Waals surface area contributed by atoms with Crippen molar-refractivity contribution in [2.45, 2.75) is 205 Å². The maximum atomic E-state index is 12.8. The van der Waals surface area contributed by atoms with Crippen molar-refractivity contribution < 1.29 is 56.8 Å². The smallest absolute Gasteiger partial charge is 0.306 e. The van der Waals surface area contributed by atoms with Gasteiger partial charge in [0.15, 0.2) is 12.4 Å². The molecule has 0 amide bonds. The van der Waals surface area contributed by atoms with Crippen LogP contribution in [0, 0.1) is 0 Å². The van der Waals surface area contributed by atoms with Gasteiger partial charge in [-0.3, -0.25) is 14.1 Å². The third-order valence-corrected chi connectivity index (χ3v) is 11.0. The molecule has 1 aliphatic rings. The maximum absolute atomic E-state index is 12.8. The number of rotatable bonds is 38. The predicted octanol–water partition coefficient (Wildman–Crippen LogP) is 9.89. The number of allylic oxidation sites excluding steroid dienone is 12. The van der Waals surface area contributed by atoms with Gasteiger partial charge in [-0.15, -0.1) is 0 Å². The predicted molar refractivity (Wildman–Crippen MR) is 247 cm³/mol. The first-order valence-electron chi connectivity index (χ1n) is 23.5. The summed E-state index contributed by atoms with van der Waals surface area (Å²) in [7, 11) is -4.61. The van der Waals surface area contributed by atoms with Crippen LogP contribution in [0.5, 0.6) is 0 Å². The van der Waals surface area contributed by atoms with Crippen LogP contribution in [-0.4, -0.2) is 96.0 Å². The van der Waals surface area contributed by atoms with Crippen LogP contribution in [0.1, 0.15) is 168 Å². The van der Waals surface area contributed by atoms with Crippen molar-refractivity contribution in [3.05, 3.63) is 72.9 Å². The van der Waals surface area contributed by atoms with Gasteiger partial charge in [-0.2, -0.15) is 8.42 Å². The van der Waals surface area contributed by atoms with E-state index in [1.54, 1.807) is 0 Å². The molecule has 13 heteroatoms. The molecule has 1 saturated heterocycles. The summed E-state index contributed by atoms with van der Waals surface area (Å²) in [5.41, 5.74) is 0. The number of aliphatic hydroxyl groups excluding tert-OH is 3. The van der Waals surface area contributed by atoms with Crippen LogP contribution in [0.4, 0.5) is 0 Å². The Bertz CT molecular complexity index is 1420. The molecule has 0 saturated carbocycles. The molecule has 2 unspecified atom stereocenters. The Labute approximate surface area is 374 Å². The summed E-state index contributed by atoms with van der Waals surface area (Å²) < 4.78 is 54.1. The van der Waals surface area contributed by atoms with Crippen LogP contribution >= 0.6 is 0 Å². The van der Waals surface area contributed by atoms with Crippen LogP contribution in [0.2, 0.25) is 0 Å². The van der Waals surface area contributed by atoms with E-state index in [9.17, 15) is 37.9 Å². The van der Waals surface area contributed by atoms with Gasteiger partial charge in [-0.1, -0.05) is 145 Å². The number of carbonyl (C=O) groups is 2. The van der Waals surface area contributed by atoms with Gasteiger partial charge in [-0.05, 0) is 83.5 Å². The van der Waals surface area contributed by atoms with Crippen molar-refractivity contribution in [3.8, 4) is 0 Å². The number of hydrogen-bond acceptors (Lipinski definition) is 11. The zero-order valence-corrected chi connectivity index (χ0v) is 38.8. The molecular weight excluding hydrogens is 813 g/mol. The van der Waals surface area contributed by atoms with Gasteiger partial charge in [0.1, 0.15) is 36.8 Å². The topological polar surface area (TPSA) is 186 Å². The molecule has 6 atom stereocenters. The van der Waals surface area contributed by atoms with Crippen molar-refractivity contribution >= 4 is 22.1 Å². The Morgan fingerprint density at radius 2 is 1.00 bits per heavy atom. The number of unbranched alkanes of at least 4 members (excludes halogenated alkanes) is 14. The van der Waals surface area contributed by atoms with Gasteiger partial charge < -0.3 is 34.3 Å². The van der Waals surface area contributed by atoms with Crippen LogP contribution in [0.25, 0.3) is 0 Å². The first kappa shape index (κ1) is 57.1. The van der Waals surface area contributed by atoms with Crippen LogP contribution < -0.4 is 0 Å². The molecule has 4 N–H and O–H groups in total. The zero-order valence-electron chi connectivity index (χ0n) is 37.9. The molecule has 1 rings (SSSR count). The van der Waals surface area contributed by atoms with Gasteiger partial charge in [0.2, 0.25) is 0 Å². The molecule has 0 aromatic rings. The Kier molecular flexibility index (Phi) is 35.5. The summed E-state index contributed by atoms with van der Waals surface area (Å²) in [6.45, 7) is 3.63. The van der Waals surface area contributed by atoms with E-state index in [-0.39, 0.29) is 19.4 Å². The average molecular weight is 895 g/mol. The van der Waals surface area contributed by atoms with Gasteiger partial charge in [0, 0.05) is 12.8 Å². The van der Waals surface area contributed by atoms with E-state index in [4.69, 9.17) is 18.9 Å². The number of hydrogen-bond donors (Lipinski definition) is 4. The zero-order chi connectivity index (χ0) is 45.5. The Hall–Kier alpha value is -2.91. The van der Waals surface area contributed by atoms with Crippen molar-refractivity contribution in [2.75, 3.05) is 19.0 Å². The average Bonchev–Trinajstić information content (AvgIpc) is 3.24. The molecule has 0 spiro atoms. The Morgan fingerprint density at radius 3 is 1.52 bits per heavy atom. The number of esters is 2. The first-order chi connectivity index (χ1) is 30.0. The summed E-state index contributed by atoms with van der Waals surface area (Å²) >= 11 is 0. The summed E-state index contributed by atoms with van der Waals surface area (Å²) in [4.78, 5) is 25.4. The fourth-order valence-corrected chi connectivity index (χ4v) is 7.27. The molecule has 1 fully saturated rings. The minimum atomic E-state index is -4.61. The van der Waals surface area contributed by atoms with E-state index in [0.29, 0.717) is 12.8 Å². The Balaban J connectivity index is 2.47. The van der Waals surface area contributed by atoms with Gasteiger partial charge >= 0.3 is 11.9 Å². The molecule has 62 heavy (non-hydrogen) atoms. The highest BCUT2D eigenvalue weighted by molar-refractivity contribution is 7.85. The van der Waals surface area contributed by atoms with Gasteiger partial charge in [0.25, 0.3) is 10.1 Å². The van der Waals surface area contributed by atoms with Crippen LogP contribution in [0.15, 0.2) is 72.9 Å². The molecule has 12 nitrogen and oxygen atoms in total. The second-order valence-corrected chi connectivity index (χ2v) is 17.6. The standard InChI is InChI=1S/C49H82O12S/c1-3-5-7-9-11-13-15-17-19-21-23-25-27-29-31-33-35-37-44(50)58-39-42(40-59-49-48(54)47(53)46(52)43(61-49)41-62(55,56)57)60-45(51)38-36-34-32-30-28-26-24-22-20-18-16-14-12-10-8-6-4-2/h8,10-11,13-14,16-17,19-20,22,26,28,42-43,46-49,52-54H,3-7,9,12,15,18,21,23-25,27,29-41H2,1-2H3,(H,55,56,57)/b10-8+,13-11+,16-14+,19-17+,22-20+,28-26+/t42-,43-,46-,47?,48?,49+/m1/s1. The third kappa shape index (κ3) is 32.7. The van der Waals surface area contributed by atoms with Gasteiger partial charge in [-0.25, -0.2) is 0 Å². The highest BCUT2D eigenvalue weighted by Gasteiger charge is 2.46. The fraction of sp³-hybridized carbons (Fsp3) is 0.714. The summed E-state index contributed by atoms with van der Waals surface area (Å²) in [5.74, 6) is -2.04. The quantitative estimate of drug-likeness (QED) is 0.0199. The summed E-state index contributed by atoms with van der Waals surface area (Å²) in [6, 6.07) is 0. The van der Waals surface area contributed by atoms with Crippen molar-refractivity contribution in [1.82, 2.24) is 0 Å². The van der Waals surface area contributed by atoms with E-state index in [2.05, 4.69) is 86.8 Å². The van der Waals surface area contributed by atoms with E-state index in [1.165, 1.54) is 44.9 Å². The summed E-state index contributed by atoms with van der Waals surface area (Å²) in [5, 5.41) is 30.9. The molecule has 1 heterocycles. The van der Waals surface area contributed by atoms with E-state index < -0.39 is 71.2 Å². The lowest BCUT2D eigenvalue weighted by atomic mass is 10.00. The number of aliphatic hydroxyl groups is 3. The normalized spacial score (nSPS) is 20.5. The second kappa shape index (κ2) is 38.5. The Morgan fingerprint density at radius 1 is 0.548 bits per heavy atom. The minimum Gasteiger partial charge on any atom is -0.462 e. The first-order valence-corrected chi connectivity index (χ1v) is 25.1. The highest BCUT2D eigenvalue weighted by Crippen LogP contribution is 2.24. The molecule has 0 aromatic carbocycles. The molecule has 0 bridgehead atoms. The van der Waals surface area contributed by atoms with Crippen LogP contribution in [0.3, 0.4) is 0 Å². The molecule has 356 valence electrons. The molecule has 0 aromatic heterocycles. The highest BCUT2D eigenvalue weighted by atomic mass is 32.2. The maximum Gasteiger partial charge on any atom is 0.306 e. The molecule has 1 aliphatic heterocycles. The van der Waals surface area contributed by atoms with Crippen molar-refractivity contribution in [1.29, 1.82) is 0 Å². The number of carbonyl (C=O) groups excluding carboxylic acids is 2. The van der Waals surface area contributed by atoms with Crippen molar-refractivity contribution in [2.24, 2.45) is 0 Å². The van der Waals surface area contributed by atoms with Gasteiger partial charge in [0.05, 0.1) is 6.61 Å². The monoisotopic (exact) mass is 895 g/mol. The molecular formula is C49H82O12S. The SMILES string of the molecule is CCC/C=C/C/C=C/C/C=C/C/C=C/CCCCCC(=O)O[C@H](COC(=O)CCCCCCCCC/C=C/C/C=C/CCCCC)CO[C@H]1O[C@H](CS(=O)(=O)O)[C@@H](O)C(O)C1O.